The molecule has 0 spiro atoms. The minimum absolute atomic E-state index is 0.330. The molecule has 84 valence electrons. The van der Waals surface area contributed by atoms with Crippen molar-refractivity contribution < 1.29 is 5.11 Å². The summed E-state index contributed by atoms with van der Waals surface area (Å²) in [4.78, 5) is 2.28. The molecule has 1 aromatic carbocycles. The maximum Gasteiger partial charge on any atom is 0.115 e. The number of phenolic OH excluding ortho intramolecular Hbond substituents is 1. The lowest BCUT2D eigenvalue weighted by molar-refractivity contribution is 0.321. The summed E-state index contributed by atoms with van der Waals surface area (Å²) in [5.41, 5.74) is 1.24. The monoisotopic (exact) mass is 208 g/mol. The molecule has 0 heterocycles. The van der Waals surface area contributed by atoms with Gasteiger partial charge < -0.3 is 15.3 Å². The topological polar surface area (TPSA) is 35.5 Å². The molecule has 0 saturated carbocycles. The van der Waals surface area contributed by atoms with Crippen molar-refractivity contribution >= 4 is 0 Å². The Balaban J connectivity index is 2.31. The summed E-state index contributed by atoms with van der Waals surface area (Å²) in [7, 11) is 4.09. The maximum absolute atomic E-state index is 9.14. The number of hydrogen-bond acceptors (Lipinski definition) is 3. The quantitative estimate of drug-likeness (QED) is 0.694. The van der Waals surface area contributed by atoms with Gasteiger partial charge in [0.25, 0.3) is 0 Å². The number of rotatable bonds is 6. The zero-order valence-electron chi connectivity index (χ0n) is 9.53. The van der Waals surface area contributed by atoms with Crippen LogP contribution in [0.4, 0.5) is 0 Å². The van der Waals surface area contributed by atoms with Crippen molar-refractivity contribution in [2.45, 2.75) is 13.0 Å². The number of nitrogens with one attached hydrogen (secondary N) is 1. The van der Waals surface area contributed by atoms with Gasteiger partial charge in [0.2, 0.25) is 0 Å². The molecule has 0 fully saturated rings. The molecule has 1 aromatic rings. The van der Waals surface area contributed by atoms with Crippen LogP contribution in [0, 0.1) is 0 Å². The van der Waals surface area contributed by atoms with Gasteiger partial charge in [-0.1, -0.05) is 12.1 Å². The van der Waals surface area contributed by atoms with Crippen molar-refractivity contribution in [1.82, 2.24) is 10.2 Å². The molecule has 0 atom stereocenters. The summed E-state index contributed by atoms with van der Waals surface area (Å²) in [6.07, 6.45) is 1.16. The van der Waals surface area contributed by atoms with Crippen LogP contribution in [0.15, 0.2) is 24.3 Å². The van der Waals surface area contributed by atoms with E-state index in [2.05, 4.69) is 17.3 Å². The third-order valence-corrected chi connectivity index (χ3v) is 2.36. The highest BCUT2D eigenvalue weighted by Gasteiger charge is 1.99. The van der Waals surface area contributed by atoms with Crippen LogP contribution in [0.1, 0.15) is 12.0 Å². The zero-order chi connectivity index (χ0) is 11.1. The van der Waals surface area contributed by atoms with E-state index in [-0.39, 0.29) is 0 Å². The Labute approximate surface area is 91.7 Å². The number of hydrogen-bond donors (Lipinski definition) is 2. The second kappa shape index (κ2) is 6.43. The molecular weight excluding hydrogens is 188 g/mol. The summed E-state index contributed by atoms with van der Waals surface area (Å²) in [5.74, 6) is 0.330. The Kier molecular flexibility index (Phi) is 5.15. The maximum atomic E-state index is 9.14. The Morgan fingerprint density at radius 1 is 1.27 bits per heavy atom. The molecule has 0 aliphatic heterocycles. The average Bonchev–Trinajstić information content (AvgIpc) is 2.22. The molecule has 2 N–H and O–H groups in total. The average molecular weight is 208 g/mol. The fraction of sp³-hybridized carbons (Fsp3) is 0.500. The van der Waals surface area contributed by atoms with Gasteiger partial charge >= 0.3 is 0 Å². The summed E-state index contributed by atoms with van der Waals surface area (Å²) in [5, 5.41) is 12.3. The molecule has 3 heteroatoms. The van der Waals surface area contributed by atoms with Crippen LogP contribution in [0.25, 0.3) is 0 Å². The van der Waals surface area contributed by atoms with Crippen molar-refractivity contribution in [3.8, 4) is 5.75 Å². The fourth-order valence-electron chi connectivity index (χ4n) is 1.52. The van der Waals surface area contributed by atoms with Crippen molar-refractivity contribution in [1.29, 1.82) is 0 Å². The first kappa shape index (κ1) is 12.0. The molecule has 3 nitrogen and oxygen atoms in total. The first-order chi connectivity index (χ1) is 7.22. The van der Waals surface area contributed by atoms with Crippen LogP contribution >= 0.6 is 0 Å². The molecule has 0 radical (unpaired) electrons. The van der Waals surface area contributed by atoms with Gasteiger partial charge in [0.05, 0.1) is 0 Å². The van der Waals surface area contributed by atoms with E-state index >= 15 is 0 Å². The standard InChI is InChI=1S/C12H20N2O/c1-13-8-3-9-14(2)10-11-4-6-12(15)7-5-11/h4-7,13,15H,3,8-10H2,1-2H3. The molecule has 1 rings (SSSR count). The van der Waals surface area contributed by atoms with Gasteiger partial charge in [-0.15, -0.1) is 0 Å². The predicted octanol–water partition coefficient (Wildman–Crippen LogP) is 1.43. The van der Waals surface area contributed by atoms with Crippen molar-refractivity contribution in [3.63, 3.8) is 0 Å². The van der Waals surface area contributed by atoms with Gasteiger partial charge in [0, 0.05) is 6.54 Å². The van der Waals surface area contributed by atoms with E-state index in [9.17, 15) is 0 Å². The van der Waals surface area contributed by atoms with Crippen molar-refractivity contribution in [2.24, 2.45) is 0 Å². The highest BCUT2D eigenvalue weighted by Crippen LogP contribution is 2.10. The second-order valence-corrected chi connectivity index (χ2v) is 3.86. The van der Waals surface area contributed by atoms with Gasteiger partial charge in [0.1, 0.15) is 5.75 Å². The summed E-state index contributed by atoms with van der Waals surface area (Å²) >= 11 is 0. The first-order valence-corrected chi connectivity index (χ1v) is 5.33. The van der Waals surface area contributed by atoms with Crippen LogP contribution < -0.4 is 5.32 Å². The van der Waals surface area contributed by atoms with Crippen LogP contribution in [0.2, 0.25) is 0 Å². The summed E-state index contributed by atoms with van der Waals surface area (Å²) in [6.45, 7) is 3.08. The highest BCUT2D eigenvalue weighted by molar-refractivity contribution is 5.25. The lowest BCUT2D eigenvalue weighted by atomic mass is 10.2. The van der Waals surface area contributed by atoms with Crippen LogP contribution in [-0.4, -0.2) is 37.2 Å². The molecule has 0 amide bonds. The van der Waals surface area contributed by atoms with Gasteiger partial charge in [-0.05, 0) is 51.3 Å². The highest BCUT2D eigenvalue weighted by atomic mass is 16.3. The smallest absolute Gasteiger partial charge is 0.115 e. The molecule has 0 aromatic heterocycles. The molecular formula is C12H20N2O. The summed E-state index contributed by atoms with van der Waals surface area (Å²) in [6, 6.07) is 7.39. The molecule has 0 unspecified atom stereocenters. The van der Waals surface area contributed by atoms with Gasteiger partial charge in [0.15, 0.2) is 0 Å². The first-order valence-electron chi connectivity index (χ1n) is 5.33. The number of benzene rings is 1. The SMILES string of the molecule is CNCCCN(C)Cc1ccc(O)cc1. The van der Waals surface area contributed by atoms with Crippen LogP contribution in [-0.2, 0) is 6.54 Å². The molecule has 0 aliphatic carbocycles. The molecule has 0 bridgehead atoms. The van der Waals surface area contributed by atoms with E-state index in [1.165, 1.54) is 5.56 Å². The van der Waals surface area contributed by atoms with Crippen molar-refractivity contribution in [3.05, 3.63) is 29.8 Å². The zero-order valence-corrected chi connectivity index (χ0v) is 9.53. The third-order valence-electron chi connectivity index (χ3n) is 2.36. The lowest BCUT2D eigenvalue weighted by Crippen LogP contribution is -2.22. The fourth-order valence-corrected chi connectivity index (χ4v) is 1.52. The lowest BCUT2D eigenvalue weighted by Gasteiger charge is -2.16. The van der Waals surface area contributed by atoms with E-state index in [0.29, 0.717) is 5.75 Å². The van der Waals surface area contributed by atoms with Crippen LogP contribution in [0.5, 0.6) is 5.75 Å². The van der Waals surface area contributed by atoms with Gasteiger partial charge in [-0.2, -0.15) is 0 Å². The van der Waals surface area contributed by atoms with E-state index in [1.807, 2.05) is 19.2 Å². The molecule has 15 heavy (non-hydrogen) atoms. The van der Waals surface area contributed by atoms with Gasteiger partial charge in [-0.3, -0.25) is 0 Å². The van der Waals surface area contributed by atoms with Crippen molar-refractivity contribution in [2.75, 3.05) is 27.2 Å². The molecule has 0 aliphatic rings. The number of aromatic hydroxyl groups is 1. The van der Waals surface area contributed by atoms with E-state index in [0.717, 1.165) is 26.1 Å². The van der Waals surface area contributed by atoms with Crippen LogP contribution in [0.3, 0.4) is 0 Å². The minimum atomic E-state index is 0.330. The van der Waals surface area contributed by atoms with E-state index < -0.39 is 0 Å². The Morgan fingerprint density at radius 3 is 2.53 bits per heavy atom. The van der Waals surface area contributed by atoms with E-state index in [4.69, 9.17) is 5.11 Å². The van der Waals surface area contributed by atoms with Gasteiger partial charge in [-0.25, -0.2) is 0 Å². The Hall–Kier alpha value is -1.06. The normalized spacial score (nSPS) is 10.9. The number of phenols is 1. The third kappa shape index (κ3) is 4.81. The summed E-state index contributed by atoms with van der Waals surface area (Å²) < 4.78 is 0. The minimum Gasteiger partial charge on any atom is -0.508 e. The van der Waals surface area contributed by atoms with E-state index in [1.54, 1.807) is 12.1 Å². The predicted molar refractivity (Wildman–Crippen MR) is 63.0 cm³/mol. The second-order valence-electron chi connectivity index (χ2n) is 3.86. The Bertz CT molecular complexity index is 271. The largest absolute Gasteiger partial charge is 0.508 e. The number of nitrogens with zero attached hydrogens (tertiary/aromatic N) is 1. The molecule has 0 saturated heterocycles. The Morgan fingerprint density at radius 2 is 1.93 bits per heavy atom.